The lowest BCUT2D eigenvalue weighted by Crippen LogP contribution is -2.20. The van der Waals surface area contributed by atoms with E-state index in [0.717, 1.165) is 18.6 Å². The van der Waals surface area contributed by atoms with E-state index in [-0.39, 0.29) is 17.4 Å². The van der Waals surface area contributed by atoms with Gasteiger partial charge in [-0.15, -0.1) is 0 Å². The van der Waals surface area contributed by atoms with Gasteiger partial charge < -0.3 is 14.6 Å². The summed E-state index contributed by atoms with van der Waals surface area (Å²) in [5.74, 6) is 0.994. The molecule has 0 radical (unpaired) electrons. The summed E-state index contributed by atoms with van der Waals surface area (Å²) in [7, 11) is 1.75. The number of methoxy groups -OCH3 is 1. The first-order valence-corrected chi connectivity index (χ1v) is 8.51. The molecule has 23 heavy (non-hydrogen) atoms. The molecule has 0 fully saturated rings. The largest absolute Gasteiger partial charge is 0.496 e. The quantitative estimate of drug-likeness (QED) is 0.747. The lowest BCUT2D eigenvalue weighted by atomic mass is 9.78. The minimum atomic E-state index is 0.0121. The second kappa shape index (κ2) is 8.16. The van der Waals surface area contributed by atoms with Gasteiger partial charge >= 0.3 is 0 Å². The Labute approximate surface area is 142 Å². The van der Waals surface area contributed by atoms with Gasteiger partial charge in [0.15, 0.2) is 0 Å². The van der Waals surface area contributed by atoms with Crippen LogP contribution in [-0.2, 0) is 22.2 Å². The molecule has 3 nitrogen and oxygen atoms in total. The highest BCUT2D eigenvalue weighted by atomic mass is 16.5. The van der Waals surface area contributed by atoms with E-state index in [1.165, 1.54) is 16.7 Å². The van der Waals surface area contributed by atoms with E-state index in [2.05, 4.69) is 53.7 Å². The number of ether oxygens (including phenoxy) is 2. The molecular formula is C20H34O3. The van der Waals surface area contributed by atoms with E-state index in [1.54, 1.807) is 7.11 Å². The molecule has 0 bridgehead atoms. The minimum absolute atomic E-state index is 0.0121. The van der Waals surface area contributed by atoms with Gasteiger partial charge in [0.2, 0.25) is 0 Å². The van der Waals surface area contributed by atoms with Crippen molar-refractivity contribution in [3.63, 3.8) is 0 Å². The van der Waals surface area contributed by atoms with Crippen molar-refractivity contribution in [2.75, 3.05) is 20.3 Å². The molecule has 0 amide bonds. The SMILES string of the molecule is COc1c(C(C)(C)C)cc(COCCCCO)cc1C(C)(C)C. The molecule has 0 atom stereocenters. The smallest absolute Gasteiger partial charge is 0.126 e. The molecule has 0 heterocycles. The average Bonchev–Trinajstić information content (AvgIpc) is 2.44. The molecular weight excluding hydrogens is 288 g/mol. The number of rotatable bonds is 7. The number of aliphatic hydroxyl groups excluding tert-OH is 1. The number of unbranched alkanes of at least 4 members (excludes halogenated alkanes) is 1. The third-order valence-electron chi connectivity index (χ3n) is 3.93. The van der Waals surface area contributed by atoms with Crippen LogP contribution in [0.1, 0.15) is 71.1 Å². The fourth-order valence-electron chi connectivity index (χ4n) is 2.61. The highest BCUT2D eigenvalue weighted by Gasteiger charge is 2.27. The summed E-state index contributed by atoms with van der Waals surface area (Å²) in [6.45, 7) is 14.8. The highest BCUT2D eigenvalue weighted by Crippen LogP contribution is 2.40. The van der Waals surface area contributed by atoms with Crippen LogP contribution < -0.4 is 4.74 Å². The summed E-state index contributed by atoms with van der Waals surface area (Å²) in [6, 6.07) is 4.42. The molecule has 0 aliphatic carbocycles. The molecule has 1 aromatic carbocycles. The predicted octanol–water partition coefficient (Wildman–Crippen LogP) is 4.58. The van der Waals surface area contributed by atoms with Crippen LogP contribution in [0, 0.1) is 0 Å². The lowest BCUT2D eigenvalue weighted by molar-refractivity contribution is 0.112. The summed E-state index contributed by atoms with van der Waals surface area (Å²) >= 11 is 0. The van der Waals surface area contributed by atoms with E-state index in [1.807, 2.05) is 0 Å². The maximum atomic E-state index is 8.82. The Morgan fingerprint density at radius 1 is 0.913 bits per heavy atom. The van der Waals surface area contributed by atoms with E-state index < -0.39 is 0 Å². The predicted molar refractivity (Wildman–Crippen MR) is 96.4 cm³/mol. The molecule has 132 valence electrons. The van der Waals surface area contributed by atoms with Crippen LogP contribution in [0.2, 0.25) is 0 Å². The van der Waals surface area contributed by atoms with Gasteiger partial charge in [-0.3, -0.25) is 0 Å². The number of aliphatic hydroxyl groups is 1. The molecule has 0 unspecified atom stereocenters. The average molecular weight is 322 g/mol. The Kier molecular flexibility index (Phi) is 7.09. The summed E-state index contributed by atoms with van der Waals surface area (Å²) in [5.41, 5.74) is 3.66. The Morgan fingerprint density at radius 3 is 1.83 bits per heavy atom. The Bertz CT molecular complexity index is 458. The van der Waals surface area contributed by atoms with Crippen molar-refractivity contribution in [2.24, 2.45) is 0 Å². The van der Waals surface area contributed by atoms with Crippen molar-refractivity contribution in [3.8, 4) is 5.75 Å². The van der Waals surface area contributed by atoms with Crippen molar-refractivity contribution in [1.29, 1.82) is 0 Å². The van der Waals surface area contributed by atoms with Gasteiger partial charge in [0.25, 0.3) is 0 Å². The Balaban J connectivity index is 3.13. The van der Waals surface area contributed by atoms with Crippen LogP contribution in [0.15, 0.2) is 12.1 Å². The summed E-state index contributed by atoms with van der Waals surface area (Å²) < 4.78 is 11.6. The monoisotopic (exact) mass is 322 g/mol. The van der Waals surface area contributed by atoms with Crippen LogP contribution in [0.3, 0.4) is 0 Å². The molecule has 0 saturated heterocycles. The zero-order valence-corrected chi connectivity index (χ0v) is 16.0. The fourth-order valence-corrected chi connectivity index (χ4v) is 2.61. The molecule has 0 spiro atoms. The third kappa shape index (κ3) is 5.82. The normalized spacial score (nSPS) is 12.5. The second-order valence-corrected chi connectivity index (χ2v) is 8.21. The van der Waals surface area contributed by atoms with Gasteiger partial charge in [-0.25, -0.2) is 0 Å². The molecule has 0 aliphatic rings. The molecule has 1 rings (SSSR count). The summed E-state index contributed by atoms with van der Waals surface area (Å²) in [5, 5.41) is 8.82. The Hall–Kier alpha value is -1.06. The van der Waals surface area contributed by atoms with Gasteiger partial charge in [-0.05, 0) is 41.4 Å². The zero-order chi connectivity index (χ0) is 17.7. The van der Waals surface area contributed by atoms with E-state index in [0.29, 0.717) is 13.2 Å². The molecule has 0 aromatic heterocycles. The second-order valence-electron chi connectivity index (χ2n) is 8.21. The molecule has 0 aliphatic heterocycles. The number of benzene rings is 1. The van der Waals surface area contributed by atoms with Crippen LogP contribution in [0.5, 0.6) is 5.75 Å². The summed E-state index contributed by atoms with van der Waals surface area (Å²) in [4.78, 5) is 0. The van der Waals surface area contributed by atoms with Crippen molar-refractivity contribution in [2.45, 2.75) is 71.8 Å². The molecule has 1 aromatic rings. The topological polar surface area (TPSA) is 38.7 Å². The van der Waals surface area contributed by atoms with Crippen molar-refractivity contribution in [3.05, 3.63) is 28.8 Å². The van der Waals surface area contributed by atoms with Gasteiger partial charge in [-0.2, -0.15) is 0 Å². The van der Waals surface area contributed by atoms with E-state index in [4.69, 9.17) is 14.6 Å². The molecule has 1 N–H and O–H groups in total. The lowest BCUT2D eigenvalue weighted by Gasteiger charge is -2.30. The van der Waals surface area contributed by atoms with Crippen LogP contribution in [-0.4, -0.2) is 25.4 Å². The van der Waals surface area contributed by atoms with E-state index >= 15 is 0 Å². The Morgan fingerprint density at radius 2 is 1.43 bits per heavy atom. The zero-order valence-electron chi connectivity index (χ0n) is 16.0. The summed E-state index contributed by atoms with van der Waals surface area (Å²) in [6.07, 6.45) is 1.69. The van der Waals surface area contributed by atoms with Crippen LogP contribution >= 0.6 is 0 Å². The standard InChI is InChI=1S/C20H34O3/c1-19(2,3)16-12-15(14-23-11-9-8-10-21)13-17(18(16)22-7)20(4,5)6/h12-13,21H,8-11,14H2,1-7H3. The maximum Gasteiger partial charge on any atom is 0.126 e. The number of hydrogen-bond acceptors (Lipinski definition) is 3. The molecule has 3 heteroatoms. The van der Waals surface area contributed by atoms with Gasteiger partial charge in [0.05, 0.1) is 13.7 Å². The van der Waals surface area contributed by atoms with Crippen LogP contribution in [0.4, 0.5) is 0 Å². The third-order valence-corrected chi connectivity index (χ3v) is 3.93. The maximum absolute atomic E-state index is 8.82. The van der Waals surface area contributed by atoms with Crippen molar-refractivity contribution < 1.29 is 14.6 Å². The van der Waals surface area contributed by atoms with E-state index in [9.17, 15) is 0 Å². The first kappa shape index (κ1) is 20.0. The number of hydrogen-bond donors (Lipinski definition) is 1. The first-order chi connectivity index (χ1) is 10.6. The minimum Gasteiger partial charge on any atom is -0.496 e. The van der Waals surface area contributed by atoms with Crippen LogP contribution in [0.25, 0.3) is 0 Å². The van der Waals surface area contributed by atoms with Gasteiger partial charge in [0.1, 0.15) is 5.75 Å². The van der Waals surface area contributed by atoms with Crippen molar-refractivity contribution in [1.82, 2.24) is 0 Å². The highest BCUT2D eigenvalue weighted by molar-refractivity contribution is 5.50. The van der Waals surface area contributed by atoms with Crippen molar-refractivity contribution >= 4 is 0 Å². The first-order valence-electron chi connectivity index (χ1n) is 8.51. The molecule has 0 saturated carbocycles. The van der Waals surface area contributed by atoms with Gasteiger partial charge in [0, 0.05) is 24.3 Å². The fraction of sp³-hybridized carbons (Fsp3) is 0.700. The van der Waals surface area contributed by atoms with Gasteiger partial charge in [-0.1, -0.05) is 41.5 Å².